The third-order valence-corrected chi connectivity index (χ3v) is 2.91. The van der Waals surface area contributed by atoms with Crippen LogP contribution in [0.25, 0.3) is 0 Å². The molecule has 1 heterocycles. The van der Waals surface area contributed by atoms with Crippen LogP contribution in [-0.4, -0.2) is 16.5 Å². The smallest absolute Gasteiger partial charge is 0.312 e. The quantitative estimate of drug-likeness (QED) is 0.668. The highest BCUT2D eigenvalue weighted by atomic mass is 16.6. The molecule has 1 N–H and O–H groups in total. The van der Waals surface area contributed by atoms with Gasteiger partial charge >= 0.3 is 5.69 Å². The molecule has 6 nitrogen and oxygen atoms in total. The lowest BCUT2D eigenvalue weighted by Gasteiger charge is -2.11. The van der Waals surface area contributed by atoms with E-state index in [9.17, 15) is 10.1 Å². The Kier molecular flexibility index (Phi) is 4.37. The molecule has 0 fully saturated rings. The van der Waals surface area contributed by atoms with E-state index in [4.69, 9.17) is 4.74 Å². The van der Waals surface area contributed by atoms with Crippen LogP contribution in [0, 0.1) is 24.0 Å². The lowest BCUT2D eigenvalue weighted by molar-refractivity contribution is -0.385. The van der Waals surface area contributed by atoms with Crippen molar-refractivity contribution in [3.63, 3.8) is 0 Å². The summed E-state index contributed by atoms with van der Waals surface area (Å²) in [5.41, 5.74) is 1.52. The summed E-state index contributed by atoms with van der Waals surface area (Å²) in [4.78, 5) is 14.9. The molecule has 1 aromatic heterocycles. The van der Waals surface area contributed by atoms with Crippen LogP contribution >= 0.6 is 0 Å². The minimum absolute atomic E-state index is 0.0330. The molecule has 0 radical (unpaired) electrons. The Morgan fingerprint density at radius 3 is 2.76 bits per heavy atom. The van der Waals surface area contributed by atoms with Crippen molar-refractivity contribution < 1.29 is 9.66 Å². The lowest BCUT2D eigenvalue weighted by Crippen LogP contribution is -2.00. The number of nitrogens with one attached hydrogen (secondary N) is 1. The van der Waals surface area contributed by atoms with Gasteiger partial charge in [0.15, 0.2) is 0 Å². The number of rotatable bonds is 5. The van der Waals surface area contributed by atoms with Crippen LogP contribution in [0.3, 0.4) is 0 Å². The number of pyridine rings is 1. The Morgan fingerprint density at radius 2 is 2.10 bits per heavy atom. The highest BCUT2D eigenvalue weighted by Crippen LogP contribution is 2.35. The van der Waals surface area contributed by atoms with Crippen molar-refractivity contribution in [2.45, 2.75) is 20.8 Å². The first-order valence-corrected chi connectivity index (χ1v) is 6.64. The molecular formula is C15H17N3O3. The Balaban J connectivity index is 2.39. The number of benzene rings is 1. The summed E-state index contributed by atoms with van der Waals surface area (Å²) in [6, 6.07) is 6.75. The van der Waals surface area contributed by atoms with Crippen LogP contribution in [-0.2, 0) is 0 Å². The average molecular weight is 287 g/mol. The Hall–Kier alpha value is -2.63. The van der Waals surface area contributed by atoms with Gasteiger partial charge in [0.05, 0.1) is 4.92 Å². The third kappa shape index (κ3) is 3.47. The SMILES string of the molecule is CCNc1cc(Oc2c(C)cc(C)cc2[N+](=O)[O-])ccn1. The molecule has 2 aromatic rings. The summed E-state index contributed by atoms with van der Waals surface area (Å²) in [6.45, 7) is 6.31. The van der Waals surface area contributed by atoms with E-state index in [0.717, 1.165) is 17.7 Å². The van der Waals surface area contributed by atoms with Crippen LogP contribution < -0.4 is 10.1 Å². The second kappa shape index (κ2) is 6.21. The molecule has 0 spiro atoms. The minimum Gasteiger partial charge on any atom is -0.450 e. The molecule has 2 rings (SSSR count). The number of nitro benzene ring substituents is 1. The molecule has 21 heavy (non-hydrogen) atoms. The first kappa shape index (κ1) is 14.8. The zero-order valence-electron chi connectivity index (χ0n) is 12.2. The highest BCUT2D eigenvalue weighted by Gasteiger charge is 2.19. The number of hydrogen-bond acceptors (Lipinski definition) is 5. The molecule has 0 aliphatic heterocycles. The zero-order chi connectivity index (χ0) is 15.4. The van der Waals surface area contributed by atoms with Crippen molar-refractivity contribution in [1.29, 1.82) is 0 Å². The minimum atomic E-state index is -0.429. The second-order valence-electron chi connectivity index (χ2n) is 4.70. The van der Waals surface area contributed by atoms with Gasteiger partial charge in [0.1, 0.15) is 11.6 Å². The summed E-state index contributed by atoms with van der Waals surface area (Å²) in [5.74, 6) is 1.44. The van der Waals surface area contributed by atoms with E-state index >= 15 is 0 Å². The van der Waals surface area contributed by atoms with Crippen LogP contribution in [0.15, 0.2) is 30.5 Å². The van der Waals surface area contributed by atoms with Gasteiger partial charge in [-0.05, 0) is 38.0 Å². The molecular weight excluding hydrogens is 270 g/mol. The monoisotopic (exact) mass is 287 g/mol. The molecule has 0 saturated carbocycles. The van der Waals surface area contributed by atoms with E-state index in [2.05, 4.69) is 10.3 Å². The second-order valence-corrected chi connectivity index (χ2v) is 4.70. The molecule has 0 aliphatic rings. The largest absolute Gasteiger partial charge is 0.450 e. The Labute approximate surface area is 122 Å². The van der Waals surface area contributed by atoms with E-state index in [1.165, 1.54) is 6.07 Å². The average Bonchev–Trinajstić information content (AvgIpc) is 2.42. The number of nitrogens with zero attached hydrogens (tertiary/aromatic N) is 2. The Morgan fingerprint density at radius 1 is 1.33 bits per heavy atom. The fourth-order valence-corrected chi connectivity index (χ4v) is 2.07. The van der Waals surface area contributed by atoms with Gasteiger partial charge in [-0.25, -0.2) is 4.98 Å². The van der Waals surface area contributed by atoms with Gasteiger partial charge in [0.25, 0.3) is 0 Å². The topological polar surface area (TPSA) is 77.3 Å². The zero-order valence-corrected chi connectivity index (χ0v) is 12.2. The number of aryl methyl sites for hydroxylation is 2. The molecule has 0 saturated heterocycles. The number of nitro groups is 1. The molecule has 6 heteroatoms. The number of ether oxygens (including phenoxy) is 1. The maximum absolute atomic E-state index is 11.2. The summed E-state index contributed by atoms with van der Waals surface area (Å²) >= 11 is 0. The highest BCUT2D eigenvalue weighted by molar-refractivity contribution is 5.55. The maximum atomic E-state index is 11.2. The van der Waals surface area contributed by atoms with Gasteiger partial charge < -0.3 is 10.1 Å². The molecule has 0 amide bonds. The van der Waals surface area contributed by atoms with E-state index in [-0.39, 0.29) is 11.4 Å². The number of hydrogen-bond donors (Lipinski definition) is 1. The molecule has 0 aliphatic carbocycles. The first-order valence-electron chi connectivity index (χ1n) is 6.64. The summed E-state index contributed by atoms with van der Waals surface area (Å²) < 4.78 is 5.72. The van der Waals surface area contributed by atoms with E-state index in [1.54, 1.807) is 25.3 Å². The van der Waals surface area contributed by atoms with Crippen LogP contribution in [0.5, 0.6) is 11.5 Å². The predicted molar refractivity (Wildman–Crippen MR) is 81.0 cm³/mol. The predicted octanol–water partition coefficient (Wildman–Crippen LogP) is 3.83. The van der Waals surface area contributed by atoms with Crippen LogP contribution in [0.2, 0.25) is 0 Å². The van der Waals surface area contributed by atoms with Crippen molar-refractivity contribution >= 4 is 11.5 Å². The Bertz CT molecular complexity index is 671. The fraction of sp³-hybridized carbons (Fsp3) is 0.267. The van der Waals surface area contributed by atoms with E-state index < -0.39 is 4.92 Å². The van der Waals surface area contributed by atoms with Crippen molar-refractivity contribution in [1.82, 2.24) is 4.98 Å². The standard InChI is InChI=1S/C15H17N3O3/c1-4-16-14-9-12(5-6-17-14)21-15-11(3)7-10(2)8-13(15)18(19)20/h5-9H,4H2,1-3H3,(H,16,17). The molecule has 110 valence electrons. The van der Waals surface area contributed by atoms with Gasteiger partial charge in [-0.15, -0.1) is 0 Å². The summed E-state index contributed by atoms with van der Waals surface area (Å²) in [6.07, 6.45) is 1.60. The van der Waals surface area contributed by atoms with Crippen molar-refractivity contribution in [3.05, 3.63) is 51.7 Å². The number of aromatic nitrogens is 1. The van der Waals surface area contributed by atoms with E-state index in [1.807, 2.05) is 19.9 Å². The van der Waals surface area contributed by atoms with Gasteiger partial charge in [-0.2, -0.15) is 0 Å². The van der Waals surface area contributed by atoms with Crippen molar-refractivity contribution in [2.75, 3.05) is 11.9 Å². The first-order chi connectivity index (χ1) is 10.0. The molecule has 0 unspecified atom stereocenters. The van der Waals surface area contributed by atoms with Crippen molar-refractivity contribution in [2.24, 2.45) is 0 Å². The lowest BCUT2D eigenvalue weighted by atomic mass is 10.1. The van der Waals surface area contributed by atoms with Gasteiger partial charge in [0, 0.05) is 24.9 Å². The molecule has 0 atom stereocenters. The van der Waals surface area contributed by atoms with Crippen LogP contribution in [0.4, 0.5) is 11.5 Å². The van der Waals surface area contributed by atoms with Gasteiger partial charge in [-0.1, -0.05) is 6.07 Å². The van der Waals surface area contributed by atoms with Gasteiger partial charge in [-0.3, -0.25) is 10.1 Å². The normalized spacial score (nSPS) is 10.2. The summed E-state index contributed by atoms with van der Waals surface area (Å²) in [7, 11) is 0. The molecule has 0 bridgehead atoms. The number of anilines is 1. The van der Waals surface area contributed by atoms with Gasteiger partial charge in [0.2, 0.25) is 5.75 Å². The van der Waals surface area contributed by atoms with Crippen LogP contribution in [0.1, 0.15) is 18.1 Å². The molecule has 1 aromatic carbocycles. The fourth-order valence-electron chi connectivity index (χ4n) is 2.07. The summed E-state index contributed by atoms with van der Waals surface area (Å²) in [5, 5.41) is 14.3. The maximum Gasteiger partial charge on any atom is 0.312 e. The third-order valence-electron chi connectivity index (χ3n) is 2.91. The van der Waals surface area contributed by atoms with E-state index in [0.29, 0.717) is 11.6 Å². The van der Waals surface area contributed by atoms with Crippen molar-refractivity contribution in [3.8, 4) is 11.5 Å².